The van der Waals surface area contributed by atoms with Crippen molar-refractivity contribution in [1.82, 2.24) is 4.90 Å². The summed E-state index contributed by atoms with van der Waals surface area (Å²) in [5.74, 6) is -0.0910. The number of amides is 1. The highest BCUT2D eigenvalue weighted by Crippen LogP contribution is 2.29. The highest BCUT2D eigenvalue weighted by molar-refractivity contribution is 5.98. The van der Waals surface area contributed by atoms with Crippen molar-refractivity contribution in [1.29, 1.82) is 0 Å². The monoisotopic (exact) mass is 465 g/mol. The number of ether oxygens (including phenoxy) is 2. The fourth-order valence-corrected chi connectivity index (χ4v) is 4.06. The largest absolute Gasteiger partial charge is 0.493 e. The zero-order valence-corrected chi connectivity index (χ0v) is 21.0. The zero-order valence-electron chi connectivity index (χ0n) is 21.0. The van der Waals surface area contributed by atoms with Gasteiger partial charge in [0, 0.05) is 13.0 Å². The van der Waals surface area contributed by atoms with Crippen LogP contribution in [0.2, 0.25) is 0 Å². The van der Waals surface area contributed by atoms with Gasteiger partial charge in [-0.2, -0.15) is 0 Å². The molecule has 0 saturated heterocycles. The number of benzene rings is 2. The minimum atomic E-state index is -1.01. The molecule has 1 amide bonds. The molecular weight excluding hydrogens is 430 g/mol. The molecule has 6 nitrogen and oxygen atoms in total. The van der Waals surface area contributed by atoms with Gasteiger partial charge in [-0.25, -0.2) is 9.59 Å². The van der Waals surface area contributed by atoms with Gasteiger partial charge < -0.3 is 19.5 Å². The number of carboxylic acid groups (broad SMARTS) is 1. The highest BCUT2D eigenvalue weighted by Gasteiger charge is 2.30. The molecule has 182 valence electrons. The molecule has 1 heterocycles. The van der Waals surface area contributed by atoms with Crippen LogP contribution in [0.4, 0.5) is 4.79 Å². The van der Waals surface area contributed by atoms with Gasteiger partial charge in [0.15, 0.2) is 0 Å². The molecule has 0 spiro atoms. The lowest BCUT2D eigenvalue weighted by atomic mass is 9.92. The number of hydrogen-bond acceptors (Lipinski definition) is 4. The first-order chi connectivity index (χ1) is 15.9. The molecule has 0 bridgehead atoms. The molecule has 0 atom stereocenters. The van der Waals surface area contributed by atoms with Crippen molar-refractivity contribution < 1.29 is 24.2 Å². The molecule has 0 aliphatic carbocycles. The third kappa shape index (κ3) is 6.40. The van der Waals surface area contributed by atoms with E-state index in [1.807, 2.05) is 24.3 Å². The maximum atomic E-state index is 12.4. The van der Waals surface area contributed by atoms with Gasteiger partial charge in [0.25, 0.3) is 0 Å². The summed E-state index contributed by atoms with van der Waals surface area (Å²) in [6, 6.07) is 12.2. The van der Waals surface area contributed by atoms with E-state index in [9.17, 15) is 14.7 Å². The lowest BCUT2D eigenvalue weighted by molar-refractivity contribution is -0.132. The summed E-state index contributed by atoms with van der Waals surface area (Å²) in [5, 5.41) is 9.79. The number of carbonyl (C=O) groups excluding carboxylic acids is 1. The van der Waals surface area contributed by atoms with E-state index < -0.39 is 17.7 Å². The van der Waals surface area contributed by atoms with Crippen LogP contribution in [0.1, 0.15) is 55.0 Å². The predicted molar refractivity (Wildman–Crippen MR) is 133 cm³/mol. The molecule has 0 fully saturated rings. The minimum absolute atomic E-state index is 0.0322. The summed E-state index contributed by atoms with van der Waals surface area (Å²) in [4.78, 5) is 25.8. The summed E-state index contributed by atoms with van der Waals surface area (Å²) in [7, 11) is 0. The molecule has 34 heavy (non-hydrogen) atoms. The molecule has 0 unspecified atom stereocenters. The van der Waals surface area contributed by atoms with E-state index in [1.54, 1.807) is 20.8 Å². The Morgan fingerprint density at radius 2 is 1.74 bits per heavy atom. The van der Waals surface area contributed by atoms with Gasteiger partial charge in [0.1, 0.15) is 11.4 Å². The number of nitrogens with zero attached hydrogens (tertiary/aromatic N) is 1. The van der Waals surface area contributed by atoms with Gasteiger partial charge in [-0.1, -0.05) is 30.3 Å². The van der Waals surface area contributed by atoms with Crippen LogP contribution in [0.5, 0.6) is 5.75 Å². The number of carbonyl (C=O) groups is 2. The Morgan fingerprint density at radius 3 is 2.35 bits per heavy atom. The standard InChI is InChI=1S/C28H35NO5/c1-18-15-19(2)20(3)25(16-18)33-14-12-21-7-9-22(10-8-21)23-11-13-29(17-24(23)26(30)31)27(32)34-28(4,5)6/h7-10,15-16H,11-14,17H2,1-6H3,(H,30,31). The molecular formula is C28H35NO5. The van der Waals surface area contributed by atoms with Gasteiger partial charge in [0.05, 0.1) is 18.7 Å². The average Bonchev–Trinajstić information content (AvgIpc) is 2.76. The normalized spacial score (nSPS) is 14.2. The van der Waals surface area contributed by atoms with E-state index in [0.29, 0.717) is 19.6 Å². The Bertz CT molecular complexity index is 1090. The average molecular weight is 466 g/mol. The van der Waals surface area contributed by atoms with Crippen LogP contribution < -0.4 is 4.74 Å². The van der Waals surface area contributed by atoms with Crippen LogP contribution in [-0.2, 0) is 16.0 Å². The predicted octanol–water partition coefficient (Wildman–Crippen LogP) is 5.71. The molecule has 1 aliphatic rings. The number of rotatable bonds is 6. The van der Waals surface area contributed by atoms with Crippen LogP contribution in [0, 0.1) is 20.8 Å². The fourth-order valence-electron chi connectivity index (χ4n) is 4.06. The van der Waals surface area contributed by atoms with E-state index in [4.69, 9.17) is 9.47 Å². The highest BCUT2D eigenvalue weighted by atomic mass is 16.6. The summed E-state index contributed by atoms with van der Waals surface area (Å²) in [6.45, 7) is 12.6. The smallest absolute Gasteiger partial charge is 0.410 e. The first kappa shape index (κ1) is 25.3. The topological polar surface area (TPSA) is 76.1 Å². The summed E-state index contributed by atoms with van der Waals surface area (Å²) in [5.41, 5.74) is 5.93. The molecule has 0 saturated carbocycles. The maximum Gasteiger partial charge on any atom is 0.410 e. The molecule has 0 aromatic heterocycles. The quantitative estimate of drug-likeness (QED) is 0.591. The van der Waals surface area contributed by atoms with Crippen LogP contribution >= 0.6 is 0 Å². The Hall–Kier alpha value is -3.28. The van der Waals surface area contributed by atoms with E-state index in [0.717, 1.165) is 34.4 Å². The van der Waals surface area contributed by atoms with E-state index >= 15 is 0 Å². The number of carboxylic acids is 1. The Kier molecular flexibility index (Phi) is 7.70. The van der Waals surface area contributed by atoms with Gasteiger partial charge >= 0.3 is 12.1 Å². The van der Waals surface area contributed by atoms with Crippen molar-refractivity contribution in [3.63, 3.8) is 0 Å². The molecule has 0 radical (unpaired) electrons. The van der Waals surface area contributed by atoms with E-state index in [2.05, 4.69) is 32.9 Å². The van der Waals surface area contributed by atoms with Crippen LogP contribution in [0.25, 0.3) is 5.57 Å². The number of hydrogen-bond donors (Lipinski definition) is 1. The van der Waals surface area contributed by atoms with Gasteiger partial charge in [-0.05, 0) is 87.4 Å². The minimum Gasteiger partial charge on any atom is -0.493 e. The zero-order chi connectivity index (χ0) is 25.0. The Labute approximate surface area is 202 Å². The van der Waals surface area contributed by atoms with Crippen molar-refractivity contribution in [2.24, 2.45) is 0 Å². The summed E-state index contributed by atoms with van der Waals surface area (Å²) >= 11 is 0. The lowest BCUT2D eigenvalue weighted by Crippen LogP contribution is -2.41. The van der Waals surface area contributed by atoms with Crippen molar-refractivity contribution in [3.8, 4) is 5.75 Å². The van der Waals surface area contributed by atoms with Crippen molar-refractivity contribution in [3.05, 3.63) is 69.8 Å². The lowest BCUT2D eigenvalue weighted by Gasteiger charge is -2.31. The third-order valence-electron chi connectivity index (χ3n) is 5.97. The second kappa shape index (κ2) is 10.3. The fraction of sp³-hybridized carbons (Fsp3) is 0.429. The molecule has 1 N–H and O–H groups in total. The summed E-state index contributed by atoms with van der Waals surface area (Å²) < 4.78 is 11.4. The second-order valence-electron chi connectivity index (χ2n) is 9.91. The van der Waals surface area contributed by atoms with Gasteiger partial charge in [0.2, 0.25) is 0 Å². The van der Waals surface area contributed by atoms with Crippen LogP contribution in [-0.4, -0.2) is 47.4 Å². The molecule has 2 aromatic rings. The molecule has 2 aromatic carbocycles. The Balaban J connectivity index is 1.67. The van der Waals surface area contributed by atoms with Crippen molar-refractivity contribution in [2.75, 3.05) is 19.7 Å². The third-order valence-corrected chi connectivity index (χ3v) is 5.97. The number of aryl methyl sites for hydroxylation is 2. The summed E-state index contributed by atoms with van der Waals surface area (Å²) in [6.07, 6.45) is 0.735. The first-order valence-electron chi connectivity index (χ1n) is 11.7. The van der Waals surface area contributed by atoms with Crippen molar-refractivity contribution >= 4 is 17.6 Å². The SMILES string of the molecule is Cc1cc(C)c(C)c(OCCc2ccc(C3=C(C(=O)O)CN(C(=O)OC(C)(C)C)CC3)cc2)c1. The number of aliphatic carboxylic acids is 1. The van der Waals surface area contributed by atoms with Crippen LogP contribution in [0.15, 0.2) is 42.0 Å². The Morgan fingerprint density at radius 1 is 1.06 bits per heavy atom. The molecule has 6 heteroatoms. The molecule has 3 rings (SSSR count). The molecule has 1 aliphatic heterocycles. The van der Waals surface area contributed by atoms with E-state index in [1.165, 1.54) is 16.0 Å². The first-order valence-corrected chi connectivity index (χ1v) is 11.7. The van der Waals surface area contributed by atoms with Gasteiger partial charge in [-0.3, -0.25) is 0 Å². The van der Waals surface area contributed by atoms with Gasteiger partial charge in [-0.15, -0.1) is 0 Å². The van der Waals surface area contributed by atoms with Crippen molar-refractivity contribution in [2.45, 2.75) is 60.0 Å². The maximum absolute atomic E-state index is 12.4. The van der Waals surface area contributed by atoms with E-state index in [-0.39, 0.29) is 12.1 Å². The second-order valence-corrected chi connectivity index (χ2v) is 9.91. The van der Waals surface area contributed by atoms with Crippen LogP contribution in [0.3, 0.4) is 0 Å².